The number of halogens is 2. The molecule has 2 aromatic rings. The molecule has 0 saturated carbocycles. The lowest BCUT2D eigenvalue weighted by molar-refractivity contribution is 0.0951. The van der Waals surface area contributed by atoms with Gasteiger partial charge in [0.2, 0.25) is 0 Å². The van der Waals surface area contributed by atoms with Gasteiger partial charge in [-0.1, -0.05) is 11.6 Å². The van der Waals surface area contributed by atoms with E-state index in [4.69, 9.17) is 21.1 Å². The number of carbonyl (C=O) groups excluding carboxylic acids is 1. The molecule has 122 valence electrons. The molecule has 6 nitrogen and oxygen atoms in total. The number of aromatic amines is 1. The van der Waals surface area contributed by atoms with Crippen molar-refractivity contribution in [2.45, 2.75) is 6.92 Å². The van der Waals surface area contributed by atoms with Gasteiger partial charge in [0, 0.05) is 10.7 Å². The van der Waals surface area contributed by atoms with E-state index in [1.807, 2.05) is 6.92 Å². The molecule has 23 heavy (non-hydrogen) atoms. The highest BCUT2D eigenvalue weighted by Crippen LogP contribution is 2.35. The van der Waals surface area contributed by atoms with Crippen LogP contribution >= 0.6 is 27.5 Å². The van der Waals surface area contributed by atoms with Gasteiger partial charge in [-0.2, -0.15) is 5.10 Å². The summed E-state index contributed by atoms with van der Waals surface area (Å²) in [6.07, 6.45) is 3.13. The molecule has 0 atom stereocenters. The predicted octanol–water partition coefficient (Wildman–Crippen LogP) is 3.60. The SMILES string of the molecule is CCOc1c(Cl)cc(/C=N\NC(=O)c2cc(Br)c[nH]2)cc1OC. The van der Waals surface area contributed by atoms with Gasteiger partial charge in [-0.15, -0.1) is 0 Å². The van der Waals surface area contributed by atoms with Crippen molar-refractivity contribution < 1.29 is 14.3 Å². The van der Waals surface area contributed by atoms with Crippen LogP contribution in [0.15, 0.2) is 34.0 Å². The van der Waals surface area contributed by atoms with Crippen LogP contribution < -0.4 is 14.9 Å². The molecule has 0 fully saturated rings. The molecule has 0 unspecified atom stereocenters. The Morgan fingerprint density at radius 1 is 1.48 bits per heavy atom. The second-order valence-corrected chi connectivity index (χ2v) is 5.72. The normalized spacial score (nSPS) is 10.8. The summed E-state index contributed by atoms with van der Waals surface area (Å²) in [6, 6.07) is 5.05. The molecule has 1 amide bonds. The highest BCUT2D eigenvalue weighted by Gasteiger charge is 2.11. The van der Waals surface area contributed by atoms with E-state index >= 15 is 0 Å². The zero-order valence-corrected chi connectivity index (χ0v) is 14.9. The summed E-state index contributed by atoms with van der Waals surface area (Å²) in [4.78, 5) is 14.6. The lowest BCUT2D eigenvalue weighted by Crippen LogP contribution is -2.17. The molecule has 0 aliphatic carbocycles. The van der Waals surface area contributed by atoms with Gasteiger partial charge in [0.25, 0.3) is 5.91 Å². The topological polar surface area (TPSA) is 75.7 Å². The number of aromatic nitrogens is 1. The van der Waals surface area contributed by atoms with Gasteiger partial charge in [-0.3, -0.25) is 4.79 Å². The maximum absolute atomic E-state index is 11.8. The number of hydrazone groups is 1. The Labute approximate surface area is 146 Å². The van der Waals surface area contributed by atoms with Crippen molar-refractivity contribution in [2.75, 3.05) is 13.7 Å². The quantitative estimate of drug-likeness (QED) is 0.574. The van der Waals surface area contributed by atoms with Crippen molar-refractivity contribution in [1.82, 2.24) is 10.4 Å². The zero-order chi connectivity index (χ0) is 16.8. The van der Waals surface area contributed by atoms with Gasteiger partial charge in [-0.25, -0.2) is 5.43 Å². The minimum atomic E-state index is -0.351. The Balaban J connectivity index is 2.10. The van der Waals surface area contributed by atoms with Crippen LogP contribution in [0.2, 0.25) is 5.02 Å². The Hall–Kier alpha value is -1.99. The van der Waals surface area contributed by atoms with Crippen LogP contribution in [0.5, 0.6) is 11.5 Å². The molecule has 0 spiro atoms. The smallest absolute Gasteiger partial charge is 0.287 e. The molecular formula is C15H15BrClN3O3. The summed E-state index contributed by atoms with van der Waals surface area (Å²) in [6.45, 7) is 2.34. The van der Waals surface area contributed by atoms with Crippen LogP contribution in [-0.4, -0.2) is 30.8 Å². The second-order valence-electron chi connectivity index (χ2n) is 4.40. The Bertz CT molecular complexity index is 731. The maximum atomic E-state index is 11.8. The molecule has 0 radical (unpaired) electrons. The van der Waals surface area contributed by atoms with Crippen molar-refractivity contribution >= 4 is 39.7 Å². The van der Waals surface area contributed by atoms with Crippen LogP contribution in [0.4, 0.5) is 0 Å². The predicted molar refractivity (Wildman–Crippen MR) is 92.7 cm³/mol. The number of benzene rings is 1. The number of nitrogens with one attached hydrogen (secondary N) is 2. The number of hydrogen-bond acceptors (Lipinski definition) is 4. The molecular weight excluding hydrogens is 386 g/mol. The summed E-state index contributed by atoms with van der Waals surface area (Å²) in [5.41, 5.74) is 3.49. The van der Waals surface area contributed by atoms with Crippen LogP contribution in [0.3, 0.4) is 0 Å². The molecule has 2 rings (SSSR count). The van der Waals surface area contributed by atoms with Crippen LogP contribution in [0, 0.1) is 0 Å². The number of ether oxygens (including phenoxy) is 2. The third-order valence-electron chi connectivity index (χ3n) is 2.81. The van der Waals surface area contributed by atoms with E-state index in [1.165, 1.54) is 13.3 Å². The Kier molecular flexibility index (Phi) is 6.06. The largest absolute Gasteiger partial charge is 0.493 e. The fourth-order valence-corrected chi connectivity index (χ4v) is 2.44. The number of rotatable bonds is 6. The molecule has 0 saturated heterocycles. The highest BCUT2D eigenvalue weighted by molar-refractivity contribution is 9.10. The third kappa shape index (κ3) is 4.49. The maximum Gasteiger partial charge on any atom is 0.287 e. The fraction of sp³-hybridized carbons (Fsp3) is 0.200. The Morgan fingerprint density at radius 3 is 2.87 bits per heavy atom. The van der Waals surface area contributed by atoms with E-state index in [0.717, 1.165) is 4.47 Å². The number of hydrogen-bond donors (Lipinski definition) is 2. The van der Waals surface area contributed by atoms with Gasteiger partial charge in [0.15, 0.2) is 11.5 Å². The molecule has 1 aromatic heterocycles. The van der Waals surface area contributed by atoms with E-state index < -0.39 is 0 Å². The van der Waals surface area contributed by atoms with Gasteiger partial charge in [0.1, 0.15) is 5.69 Å². The first-order valence-electron chi connectivity index (χ1n) is 6.72. The van der Waals surface area contributed by atoms with E-state index in [2.05, 4.69) is 31.4 Å². The summed E-state index contributed by atoms with van der Waals surface area (Å²) in [7, 11) is 1.53. The Morgan fingerprint density at radius 2 is 2.26 bits per heavy atom. The second kappa shape index (κ2) is 8.03. The number of H-pyrrole nitrogens is 1. The van der Waals surface area contributed by atoms with Crippen LogP contribution in [0.25, 0.3) is 0 Å². The van der Waals surface area contributed by atoms with Gasteiger partial charge in [-0.05, 0) is 46.6 Å². The van der Waals surface area contributed by atoms with Gasteiger partial charge in [0.05, 0.1) is 25.0 Å². The lowest BCUT2D eigenvalue weighted by atomic mass is 10.2. The van der Waals surface area contributed by atoms with Gasteiger partial charge < -0.3 is 14.5 Å². The van der Waals surface area contributed by atoms with Crippen LogP contribution in [0.1, 0.15) is 23.0 Å². The summed E-state index contributed by atoms with van der Waals surface area (Å²) in [5, 5.41) is 4.31. The summed E-state index contributed by atoms with van der Waals surface area (Å²) in [5.74, 6) is 0.630. The molecule has 2 N–H and O–H groups in total. The van der Waals surface area contributed by atoms with E-state index in [-0.39, 0.29) is 5.91 Å². The first kappa shape index (κ1) is 17.4. The number of nitrogens with zero attached hydrogens (tertiary/aromatic N) is 1. The molecule has 1 heterocycles. The van der Waals surface area contributed by atoms with Crippen molar-refractivity contribution in [3.63, 3.8) is 0 Å². The van der Waals surface area contributed by atoms with E-state index in [9.17, 15) is 4.79 Å². The van der Waals surface area contributed by atoms with Crippen molar-refractivity contribution in [2.24, 2.45) is 5.10 Å². The lowest BCUT2D eigenvalue weighted by Gasteiger charge is -2.11. The van der Waals surface area contributed by atoms with E-state index in [0.29, 0.717) is 34.4 Å². The average molecular weight is 401 g/mol. The fourth-order valence-electron chi connectivity index (χ4n) is 1.82. The number of amides is 1. The van der Waals surface area contributed by atoms with Crippen molar-refractivity contribution in [3.05, 3.63) is 45.1 Å². The number of carbonyl (C=O) groups is 1. The minimum absolute atomic E-state index is 0.351. The van der Waals surface area contributed by atoms with E-state index in [1.54, 1.807) is 24.4 Å². The molecule has 0 aliphatic rings. The summed E-state index contributed by atoms with van der Waals surface area (Å²) < 4.78 is 11.5. The standard InChI is InChI=1S/C15H15BrClN3O3/c1-3-23-14-11(17)4-9(5-13(14)22-2)7-19-20-15(21)12-6-10(16)8-18-12/h4-8,18H,3H2,1-2H3,(H,20,21)/b19-7-. The monoisotopic (exact) mass is 399 g/mol. The van der Waals surface area contributed by atoms with Crippen molar-refractivity contribution in [1.29, 1.82) is 0 Å². The van der Waals surface area contributed by atoms with Gasteiger partial charge >= 0.3 is 0 Å². The molecule has 0 bridgehead atoms. The molecule has 8 heteroatoms. The molecule has 1 aromatic carbocycles. The minimum Gasteiger partial charge on any atom is -0.493 e. The average Bonchev–Trinajstić information content (AvgIpc) is 2.96. The first-order valence-corrected chi connectivity index (χ1v) is 7.90. The van der Waals surface area contributed by atoms with Crippen LogP contribution in [-0.2, 0) is 0 Å². The highest BCUT2D eigenvalue weighted by atomic mass is 79.9. The summed E-state index contributed by atoms with van der Waals surface area (Å²) >= 11 is 9.43. The van der Waals surface area contributed by atoms with Crippen molar-refractivity contribution in [3.8, 4) is 11.5 Å². The third-order valence-corrected chi connectivity index (χ3v) is 3.55. The zero-order valence-electron chi connectivity index (χ0n) is 12.5. The first-order chi connectivity index (χ1) is 11.0. The molecule has 0 aliphatic heterocycles. The number of methoxy groups -OCH3 is 1.